The van der Waals surface area contributed by atoms with Crippen molar-refractivity contribution < 1.29 is 19.1 Å². The minimum absolute atomic E-state index is 0.338. The van der Waals surface area contributed by atoms with Gasteiger partial charge < -0.3 is 9.47 Å². The summed E-state index contributed by atoms with van der Waals surface area (Å²) in [6, 6.07) is 15.6. The first-order valence-electron chi connectivity index (χ1n) is 8.74. The van der Waals surface area contributed by atoms with Crippen LogP contribution >= 0.6 is 0 Å². The van der Waals surface area contributed by atoms with Gasteiger partial charge in [0.15, 0.2) is 0 Å². The molecule has 2 aromatic rings. The van der Waals surface area contributed by atoms with Crippen LogP contribution in [0.1, 0.15) is 46.8 Å². The first-order chi connectivity index (χ1) is 12.6. The molecule has 0 atom stereocenters. The third kappa shape index (κ3) is 4.02. The molecule has 0 bridgehead atoms. The van der Waals surface area contributed by atoms with Gasteiger partial charge in [-0.05, 0) is 54.5 Å². The van der Waals surface area contributed by atoms with E-state index < -0.39 is 0 Å². The van der Waals surface area contributed by atoms with Gasteiger partial charge in [-0.1, -0.05) is 36.4 Å². The quantitative estimate of drug-likeness (QED) is 0.770. The molecule has 1 aliphatic rings. The summed E-state index contributed by atoms with van der Waals surface area (Å²) in [6.07, 6.45) is 3.34. The summed E-state index contributed by atoms with van der Waals surface area (Å²) in [4.78, 5) is 23.6. The molecule has 134 valence electrons. The molecule has 0 aliphatic heterocycles. The van der Waals surface area contributed by atoms with E-state index in [0.29, 0.717) is 11.3 Å². The molecule has 1 aliphatic carbocycles. The summed E-state index contributed by atoms with van der Waals surface area (Å²) in [6.45, 7) is 1.42. The van der Waals surface area contributed by atoms with E-state index in [1.807, 2.05) is 30.3 Å². The van der Waals surface area contributed by atoms with E-state index in [-0.39, 0.29) is 11.9 Å². The molecular weight excluding hydrogens is 328 g/mol. The third-order valence-electron chi connectivity index (χ3n) is 4.52. The number of methoxy groups -OCH3 is 1. The molecule has 0 fully saturated rings. The lowest BCUT2D eigenvalue weighted by atomic mass is 9.98. The van der Waals surface area contributed by atoms with E-state index in [4.69, 9.17) is 9.47 Å². The Labute approximate surface area is 153 Å². The summed E-state index contributed by atoms with van der Waals surface area (Å²) >= 11 is 0. The molecule has 0 amide bonds. The second-order valence-corrected chi connectivity index (χ2v) is 6.41. The fourth-order valence-corrected chi connectivity index (χ4v) is 3.34. The molecule has 4 nitrogen and oxygen atoms in total. The van der Waals surface area contributed by atoms with Gasteiger partial charge in [-0.3, -0.25) is 4.79 Å². The van der Waals surface area contributed by atoms with E-state index in [9.17, 15) is 9.59 Å². The van der Waals surface area contributed by atoms with Crippen LogP contribution < -0.4 is 0 Å². The fourth-order valence-electron chi connectivity index (χ4n) is 3.34. The average Bonchev–Trinajstić information content (AvgIpc) is 2.81. The molecule has 4 heteroatoms. The molecule has 2 aromatic carbocycles. The van der Waals surface area contributed by atoms with Crippen LogP contribution in [0.4, 0.5) is 0 Å². The number of aryl methyl sites for hydroxylation is 1. The molecule has 0 aromatic heterocycles. The van der Waals surface area contributed by atoms with Gasteiger partial charge in [0, 0.05) is 12.5 Å². The highest BCUT2D eigenvalue weighted by Gasteiger charge is 2.22. The van der Waals surface area contributed by atoms with Gasteiger partial charge in [0.05, 0.1) is 12.7 Å². The SMILES string of the molecule is COC(=O)c1ccc2c(c1)CCCC(Cc1ccccc1)=C2OC(C)=O. The van der Waals surface area contributed by atoms with E-state index in [2.05, 4.69) is 12.1 Å². The molecule has 0 radical (unpaired) electrons. The van der Waals surface area contributed by atoms with Crippen molar-refractivity contribution in [3.63, 3.8) is 0 Å². The van der Waals surface area contributed by atoms with Crippen LogP contribution in [0.3, 0.4) is 0 Å². The predicted molar refractivity (Wildman–Crippen MR) is 99.6 cm³/mol. The van der Waals surface area contributed by atoms with Crippen LogP contribution in [-0.4, -0.2) is 19.0 Å². The van der Waals surface area contributed by atoms with E-state index >= 15 is 0 Å². The van der Waals surface area contributed by atoms with Gasteiger partial charge in [0.25, 0.3) is 0 Å². The Morgan fingerprint density at radius 2 is 1.81 bits per heavy atom. The van der Waals surface area contributed by atoms with Gasteiger partial charge in [-0.25, -0.2) is 4.79 Å². The maximum Gasteiger partial charge on any atom is 0.337 e. The van der Waals surface area contributed by atoms with Crippen LogP contribution in [0.2, 0.25) is 0 Å². The number of esters is 2. The minimum Gasteiger partial charge on any atom is -0.465 e. The number of carbonyl (C=O) groups excluding carboxylic acids is 2. The standard InChI is InChI=1S/C22H22O4/c1-15(23)26-21-18(13-16-7-4-3-5-8-16)10-6-9-17-14-19(22(24)25-2)11-12-20(17)21/h3-5,7-8,11-12,14H,6,9-10,13H2,1-2H3. The lowest BCUT2D eigenvalue weighted by molar-refractivity contribution is -0.134. The average molecular weight is 350 g/mol. The number of carbonyl (C=O) groups is 2. The largest absolute Gasteiger partial charge is 0.465 e. The van der Waals surface area contributed by atoms with E-state index in [1.165, 1.54) is 19.6 Å². The van der Waals surface area contributed by atoms with E-state index in [0.717, 1.165) is 42.4 Å². The van der Waals surface area contributed by atoms with Gasteiger partial charge in [-0.15, -0.1) is 0 Å². The summed E-state index contributed by atoms with van der Waals surface area (Å²) in [5, 5.41) is 0. The topological polar surface area (TPSA) is 52.6 Å². The van der Waals surface area contributed by atoms with E-state index in [1.54, 1.807) is 6.07 Å². The molecule has 3 rings (SSSR count). The summed E-state index contributed by atoms with van der Waals surface area (Å²) in [7, 11) is 1.37. The second-order valence-electron chi connectivity index (χ2n) is 6.41. The Hall–Kier alpha value is -2.88. The van der Waals surface area contributed by atoms with Crippen LogP contribution in [0.25, 0.3) is 5.76 Å². The monoisotopic (exact) mass is 350 g/mol. The molecule has 0 spiro atoms. The normalized spacial score (nSPS) is 13.6. The van der Waals surface area contributed by atoms with Gasteiger partial charge in [0.1, 0.15) is 5.76 Å². The number of rotatable bonds is 4. The molecule has 0 saturated heterocycles. The molecule has 0 saturated carbocycles. The van der Waals surface area contributed by atoms with Crippen molar-refractivity contribution in [2.75, 3.05) is 7.11 Å². The van der Waals surface area contributed by atoms with Crippen LogP contribution in [0.5, 0.6) is 0 Å². The number of ether oxygens (including phenoxy) is 2. The molecular formula is C22H22O4. The highest BCUT2D eigenvalue weighted by Crippen LogP contribution is 2.33. The Balaban J connectivity index is 2.06. The minimum atomic E-state index is -0.362. The molecule has 0 heterocycles. The van der Waals surface area contributed by atoms with Crippen molar-refractivity contribution in [1.82, 2.24) is 0 Å². The first kappa shape index (κ1) is 17.9. The van der Waals surface area contributed by atoms with Gasteiger partial charge in [-0.2, -0.15) is 0 Å². The lowest BCUT2D eigenvalue weighted by Crippen LogP contribution is -2.06. The zero-order chi connectivity index (χ0) is 18.5. The highest BCUT2D eigenvalue weighted by atomic mass is 16.5. The molecule has 0 unspecified atom stereocenters. The van der Waals surface area contributed by atoms with Crippen molar-refractivity contribution in [1.29, 1.82) is 0 Å². The second kappa shape index (κ2) is 8.00. The number of fused-ring (bicyclic) bond motifs is 1. The predicted octanol–water partition coefficient (Wildman–Crippen LogP) is 4.33. The Kier molecular flexibility index (Phi) is 5.52. The van der Waals surface area contributed by atoms with Gasteiger partial charge >= 0.3 is 11.9 Å². The van der Waals surface area contributed by atoms with Crippen molar-refractivity contribution >= 4 is 17.7 Å². The van der Waals surface area contributed by atoms with Crippen molar-refractivity contribution in [3.05, 3.63) is 76.4 Å². The smallest absolute Gasteiger partial charge is 0.337 e. The third-order valence-corrected chi connectivity index (χ3v) is 4.52. The summed E-state index contributed by atoms with van der Waals surface area (Å²) in [5.41, 5.74) is 4.70. The summed E-state index contributed by atoms with van der Waals surface area (Å²) in [5.74, 6) is -0.0692. The van der Waals surface area contributed by atoms with Crippen molar-refractivity contribution in [2.45, 2.75) is 32.6 Å². The number of hydrogen-bond acceptors (Lipinski definition) is 4. The molecule has 26 heavy (non-hydrogen) atoms. The Bertz CT molecular complexity index is 850. The number of allylic oxidation sites excluding steroid dienone is 1. The number of hydrogen-bond donors (Lipinski definition) is 0. The summed E-state index contributed by atoms with van der Waals surface area (Å²) < 4.78 is 10.4. The Morgan fingerprint density at radius 3 is 2.50 bits per heavy atom. The van der Waals surface area contributed by atoms with Crippen LogP contribution in [-0.2, 0) is 27.1 Å². The maximum absolute atomic E-state index is 11.8. The zero-order valence-electron chi connectivity index (χ0n) is 15.1. The molecule has 0 N–H and O–H groups in total. The van der Waals surface area contributed by atoms with Crippen LogP contribution in [0, 0.1) is 0 Å². The van der Waals surface area contributed by atoms with Crippen molar-refractivity contribution in [2.24, 2.45) is 0 Å². The number of benzene rings is 2. The highest BCUT2D eigenvalue weighted by molar-refractivity contribution is 5.90. The van der Waals surface area contributed by atoms with Gasteiger partial charge in [0.2, 0.25) is 0 Å². The first-order valence-corrected chi connectivity index (χ1v) is 8.74. The fraction of sp³-hybridized carbons (Fsp3) is 0.273. The lowest BCUT2D eigenvalue weighted by Gasteiger charge is -2.15. The van der Waals surface area contributed by atoms with Crippen LogP contribution in [0.15, 0.2) is 54.1 Å². The Morgan fingerprint density at radius 1 is 1.04 bits per heavy atom. The van der Waals surface area contributed by atoms with Crippen molar-refractivity contribution in [3.8, 4) is 0 Å². The zero-order valence-corrected chi connectivity index (χ0v) is 15.1. The maximum atomic E-state index is 11.8.